The minimum atomic E-state index is -0.209. The number of nitrogens with zero attached hydrogens (tertiary/aromatic N) is 2. The Labute approximate surface area is 140 Å². The summed E-state index contributed by atoms with van der Waals surface area (Å²) in [6.07, 6.45) is 3.90. The second-order valence-corrected chi connectivity index (χ2v) is 5.61. The average Bonchev–Trinajstić information content (AvgIpc) is 3.08. The number of nitrogens with one attached hydrogen (secondary N) is 2. The number of rotatable bonds is 6. The molecule has 0 saturated carbocycles. The van der Waals surface area contributed by atoms with E-state index in [4.69, 9.17) is 9.47 Å². The maximum atomic E-state index is 12.0. The smallest absolute Gasteiger partial charge is 0.271 e. The number of ether oxygens (including phenoxy) is 2. The molecule has 1 aliphatic heterocycles. The molecule has 1 amide bonds. The lowest BCUT2D eigenvalue weighted by Gasteiger charge is -2.11. The lowest BCUT2D eigenvalue weighted by atomic mass is 10.2. The van der Waals surface area contributed by atoms with Crippen molar-refractivity contribution < 1.29 is 14.3 Å². The topological polar surface area (TPSA) is 85.4 Å². The highest BCUT2D eigenvalue weighted by molar-refractivity contribution is 5.92. The van der Waals surface area contributed by atoms with Crippen molar-refractivity contribution in [3.8, 4) is 11.5 Å². The van der Waals surface area contributed by atoms with Crippen molar-refractivity contribution in [3.63, 3.8) is 0 Å². The van der Waals surface area contributed by atoms with Crippen LogP contribution in [0.25, 0.3) is 0 Å². The largest absolute Gasteiger partial charge is 0.454 e. The molecule has 0 bridgehead atoms. The van der Waals surface area contributed by atoms with Gasteiger partial charge in [0.05, 0.1) is 12.4 Å². The summed E-state index contributed by atoms with van der Waals surface area (Å²) in [5, 5.41) is 6.03. The van der Waals surface area contributed by atoms with Crippen LogP contribution in [0.3, 0.4) is 0 Å². The Hall–Kier alpha value is -2.83. The minimum Gasteiger partial charge on any atom is -0.454 e. The zero-order valence-electron chi connectivity index (χ0n) is 13.7. The van der Waals surface area contributed by atoms with E-state index < -0.39 is 0 Å². The van der Waals surface area contributed by atoms with Crippen LogP contribution in [0, 0.1) is 0 Å². The number of aromatic nitrogens is 2. The van der Waals surface area contributed by atoms with Gasteiger partial charge in [0.15, 0.2) is 11.5 Å². The van der Waals surface area contributed by atoms with Crippen LogP contribution in [-0.2, 0) is 6.54 Å². The number of fused-ring (bicyclic) bond motifs is 1. The lowest BCUT2D eigenvalue weighted by Crippen LogP contribution is -2.32. The van der Waals surface area contributed by atoms with Gasteiger partial charge in [-0.05, 0) is 31.0 Å². The first-order valence-electron chi connectivity index (χ1n) is 7.91. The van der Waals surface area contributed by atoms with Crippen molar-refractivity contribution >= 4 is 11.7 Å². The fourth-order valence-electron chi connectivity index (χ4n) is 2.18. The normalized spacial score (nSPS) is 13.4. The van der Waals surface area contributed by atoms with Gasteiger partial charge in [-0.3, -0.25) is 4.79 Å². The van der Waals surface area contributed by atoms with Gasteiger partial charge >= 0.3 is 0 Å². The number of hydrogen-bond acceptors (Lipinski definition) is 6. The van der Waals surface area contributed by atoms with Crippen molar-refractivity contribution in [2.75, 3.05) is 12.1 Å². The van der Waals surface area contributed by atoms with Crippen LogP contribution >= 0.6 is 0 Å². The summed E-state index contributed by atoms with van der Waals surface area (Å²) < 4.78 is 10.6. The molecular weight excluding hydrogens is 308 g/mol. The van der Waals surface area contributed by atoms with Crippen molar-refractivity contribution in [1.82, 2.24) is 15.3 Å². The lowest BCUT2D eigenvalue weighted by molar-refractivity contribution is 0.0934. The molecule has 2 N–H and O–H groups in total. The first-order valence-corrected chi connectivity index (χ1v) is 7.91. The van der Waals surface area contributed by atoms with Gasteiger partial charge in [0.2, 0.25) is 6.79 Å². The molecule has 3 rings (SSSR count). The maximum absolute atomic E-state index is 12.0. The Balaban J connectivity index is 1.57. The predicted molar refractivity (Wildman–Crippen MR) is 89.1 cm³/mol. The molecule has 126 valence electrons. The highest BCUT2D eigenvalue weighted by Crippen LogP contribution is 2.32. The zero-order chi connectivity index (χ0) is 16.9. The number of anilines is 1. The van der Waals surface area contributed by atoms with Crippen LogP contribution in [-0.4, -0.2) is 28.7 Å². The SMILES string of the molecule is CCC(C)NC(=O)c1cnc(NCc2ccc3c(c2)OCO3)cn1. The van der Waals surface area contributed by atoms with E-state index in [9.17, 15) is 4.79 Å². The molecule has 2 heterocycles. The van der Waals surface area contributed by atoms with E-state index >= 15 is 0 Å². The van der Waals surface area contributed by atoms with Gasteiger partial charge in [0.25, 0.3) is 5.91 Å². The fraction of sp³-hybridized carbons (Fsp3) is 0.353. The van der Waals surface area contributed by atoms with Crippen molar-refractivity contribution in [2.45, 2.75) is 32.9 Å². The summed E-state index contributed by atoms with van der Waals surface area (Å²) in [6, 6.07) is 5.88. The monoisotopic (exact) mass is 328 g/mol. The highest BCUT2D eigenvalue weighted by atomic mass is 16.7. The molecule has 0 spiro atoms. The van der Waals surface area contributed by atoms with E-state index in [-0.39, 0.29) is 18.7 Å². The number of hydrogen-bond donors (Lipinski definition) is 2. The van der Waals surface area contributed by atoms with Crippen molar-refractivity contribution in [2.24, 2.45) is 0 Å². The maximum Gasteiger partial charge on any atom is 0.271 e. The number of carbonyl (C=O) groups excluding carboxylic acids is 1. The van der Waals surface area contributed by atoms with E-state index in [1.54, 1.807) is 6.20 Å². The summed E-state index contributed by atoms with van der Waals surface area (Å²) in [4.78, 5) is 20.3. The van der Waals surface area contributed by atoms with Crippen LogP contribution in [0.2, 0.25) is 0 Å². The fourth-order valence-corrected chi connectivity index (χ4v) is 2.18. The van der Waals surface area contributed by atoms with Gasteiger partial charge in [0, 0.05) is 12.6 Å². The van der Waals surface area contributed by atoms with E-state index in [2.05, 4.69) is 20.6 Å². The van der Waals surface area contributed by atoms with Crippen LogP contribution in [0.1, 0.15) is 36.3 Å². The predicted octanol–water partition coefficient (Wildman–Crippen LogP) is 2.35. The van der Waals surface area contributed by atoms with Gasteiger partial charge in [-0.15, -0.1) is 0 Å². The van der Waals surface area contributed by atoms with Crippen LogP contribution < -0.4 is 20.1 Å². The van der Waals surface area contributed by atoms with E-state index in [1.807, 2.05) is 32.0 Å². The average molecular weight is 328 g/mol. The molecule has 1 aromatic carbocycles. The first kappa shape index (κ1) is 16.0. The standard InChI is InChI=1S/C17H20N4O3/c1-3-11(2)21-17(22)13-8-20-16(9-18-13)19-7-12-4-5-14-15(6-12)24-10-23-14/h4-6,8-9,11H,3,7,10H2,1-2H3,(H,19,20)(H,21,22). The van der Waals surface area contributed by atoms with Crippen molar-refractivity contribution in [1.29, 1.82) is 0 Å². The molecule has 2 aromatic rings. The third-order valence-corrected chi connectivity index (χ3v) is 3.78. The van der Waals surface area contributed by atoms with Crippen LogP contribution in [0.15, 0.2) is 30.6 Å². The summed E-state index contributed by atoms with van der Waals surface area (Å²) in [5.41, 5.74) is 1.35. The molecule has 0 radical (unpaired) electrons. The van der Waals surface area contributed by atoms with Gasteiger partial charge < -0.3 is 20.1 Å². The van der Waals surface area contributed by atoms with Gasteiger partial charge in [-0.2, -0.15) is 0 Å². The highest BCUT2D eigenvalue weighted by Gasteiger charge is 2.13. The quantitative estimate of drug-likeness (QED) is 0.846. The third kappa shape index (κ3) is 3.73. The molecule has 0 aliphatic carbocycles. The Morgan fingerprint density at radius 1 is 1.25 bits per heavy atom. The molecule has 7 nitrogen and oxygen atoms in total. The van der Waals surface area contributed by atoms with E-state index in [0.717, 1.165) is 23.5 Å². The molecule has 24 heavy (non-hydrogen) atoms. The first-order chi connectivity index (χ1) is 11.7. The Kier molecular flexibility index (Phi) is 4.79. The Morgan fingerprint density at radius 2 is 2.08 bits per heavy atom. The molecular formula is C17H20N4O3. The minimum absolute atomic E-state index is 0.114. The van der Waals surface area contributed by atoms with E-state index in [1.165, 1.54) is 6.20 Å². The van der Waals surface area contributed by atoms with Gasteiger partial charge in [0.1, 0.15) is 11.5 Å². The summed E-state index contributed by atoms with van der Waals surface area (Å²) in [6.45, 7) is 4.80. The molecule has 1 atom stereocenters. The number of carbonyl (C=O) groups is 1. The number of amides is 1. The second kappa shape index (κ2) is 7.16. The molecule has 1 aromatic heterocycles. The van der Waals surface area contributed by atoms with Gasteiger partial charge in [-0.1, -0.05) is 13.0 Å². The van der Waals surface area contributed by atoms with E-state index in [0.29, 0.717) is 18.1 Å². The van der Waals surface area contributed by atoms with Crippen LogP contribution in [0.4, 0.5) is 5.82 Å². The van der Waals surface area contributed by atoms with Gasteiger partial charge in [-0.25, -0.2) is 9.97 Å². The number of benzene rings is 1. The Morgan fingerprint density at radius 3 is 2.83 bits per heavy atom. The van der Waals surface area contributed by atoms with Crippen LogP contribution in [0.5, 0.6) is 11.5 Å². The molecule has 0 saturated heterocycles. The second-order valence-electron chi connectivity index (χ2n) is 5.61. The molecule has 7 heteroatoms. The Bertz CT molecular complexity index is 718. The molecule has 1 unspecified atom stereocenters. The summed E-state index contributed by atoms with van der Waals surface area (Å²) in [7, 11) is 0. The van der Waals surface area contributed by atoms with Crippen molar-refractivity contribution in [3.05, 3.63) is 41.9 Å². The third-order valence-electron chi connectivity index (χ3n) is 3.78. The summed E-state index contributed by atoms with van der Waals surface area (Å²) >= 11 is 0. The zero-order valence-corrected chi connectivity index (χ0v) is 13.7. The summed E-state index contributed by atoms with van der Waals surface area (Å²) in [5.74, 6) is 1.90. The molecule has 1 aliphatic rings. The molecule has 0 fully saturated rings.